The van der Waals surface area contributed by atoms with Crippen LogP contribution in [-0.4, -0.2) is 21.2 Å². The van der Waals surface area contributed by atoms with Crippen LogP contribution in [0.15, 0.2) is 22.2 Å². The van der Waals surface area contributed by atoms with Crippen molar-refractivity contribution in [2.75, 3.05) is 11.6 Å². The molecule has 3 nitrogen and oxygen atoms in total. The molecule has 0 aromatic carbocycles. The molecule has 2 rings (SSSR count). The highest BCUT2D eigenvalue weighted by Crippen LogP contribution is 2.33. The van der Waals surface area contributed by atoms with Gasteiger partial charge in [-0.15, -0.1) is 23.4 Å². The van der Waals surface area contributed by atoms with Gasteiger partial charge in [0.05, 0.1) is 0 Å². The summed E-state index contributed by atoms with van der Waals surface area (Å²) in [6.07, 6.45) is 6.64. The van der Waals surface area contributed by atoms with Crippen LogP contribution >= 0.6 is 23.4 Å². The first-order valence-corrected chi connectivity index (χ1v) is 6.61. The van der Waals surface area contributed by atoms with Crippen LogP contribution in [0.5, 0.6) is 0 Å². The van der Waals surface area contributed by atoms with E-state index in [0.29, 0.717) is 16.9 Å². The van der Waals surface area contributed by atoms with Crippen molar-refractivity contribution in [3.63, 3.8) is 0 Å². The first-order chi connectivity index (χ1) is 7.33. The summed E-state index contributed by atoms with van der Waals surface area (Å²) in [6, 6.07) is 0.424. The molecule has 5 heteroatoms. The molecule has 15 heavy (non-hydrogen) atoms. The molecular weight excluding hydrogens is 232 g/mol. The summed E-state index contributed by atoms with van der Waals surface area (Å²) in [7, 11) is 0. The lowest BCUT2D eigenvalue weighted by atomic mass is 10.6. The molecule has 0 unspecified atom stereocenters. The van der Waals surface area contributed by atoms with Gasteiger partial charge in [-0.25, -0.2) is 4.98 Å². The van der Waals surface area contributed by atoms with Crippen LogP contribution in [0.4, 0.5) is 0 Å². The summed E-state index contributed by atoms with van der Waals surface area (Å²) in [4.78, 5) is 16.0. The highest BCUT2D eigenvalue weighted by molar-refractivity contribution is 7.99. The molecule has 0 N–H and O–H groups in total. The Morgan fingerprint density at radius 3 is 3.07 bits per heavy atom. The van der Waals surface area contributed by atoms with Gasteiger partial charge in [-0.3, -0.25) is 4.79 Å². The van der Waals surface area contributed by atoms with Crippen molar-refractivity contribution in [2.45, 2.75) is 30.3 Å². The van der Waals surface area contributed by atoms with Gasteiger partial charge in [-0.2, -0.15) is 0 Å². The SMILES string of the molecule is O=c1c(SCCCCl)nccn1C1CC1. The first kappa shape index (κ1) is 11.0. The van der Waals surface area contributed by atoms with Gasteiger partial charge in [0.1, 0.15) is 0 Å². The lowest BCUT2D eigenvalue weighted by Gasteiger charge is -2.04. The van der Waals surface area contributed by atoms with Crippen LogP contribution in [0, 0.1) is 0 Å². The summed E-state index contributed by atoms with van der Waals surface area (Å²) >= 11 is 7.08. The topological polar surface area (TPSA) is 34.9 Å². The molecule has 0 spiro atoms. The van der Waals surface area contributed by atoms with Crippen LogP contribution in [0.3, 0.4) is 0 Å². The summed E-state index contributed by atoms with van der Waals surface area (Å²) in [5.41, 5.74) is 0.0552. The van der Waals surface area contributed by atoms with E-state index in [2.05, 4.69) is 4.98 Å². The molecule has 0 aliphatic heterocycles. The number of halogens is 1. The van der Waals surface area contributed by atoms with Crippen molar-refractivity contribution in [1.82, 2.24) is 9.55 Å². The quantitative estimate of drug-likeness (QED) is 0.453. The minimum absolute atomic E-state index is 0.0552. The van der Waals surface area contributed by atoms with Gasteiger partial charge in [0.25, 0.3) is 5.56 Å². The molecule has 0 radical (unpaired) electrons. The second-order valence-electron chi connectivity index (χ2n) is 3.57. The molecule has 1 aliphatic rings. The number of hydrogen-bond acceptors (Lipinski definition) is 3. The van der Waals surface area contributed by atoms with Crippen molar-refractivity contribution >= 4 is 23.4 Å². The largest absolute Gasteiger partial charge is 0.309 e. The highest BCUT2D eigenvalue weighted by atomic mass is 35.5. The van der Waals surface area contributed by atoms with Gasteiger partial charge in [-0.1, -0.05) is 0 Å². The zero-order valence-electron chi connectivity index (χ0n) is 8.36. The van der Waals surface area contributed by atoms with Crippen molar-refractivity contribution in [1.29, 1.82) is 0 Å². The normalized spacial score (nSPS) is 15.5. The molecular formula is C10H13ClN2OS. The maximum atomic E-state index is 11.9. The van der Waals surface area contributed by atoms with Crippen LogP contribution in [-0.2, 0) is 0 Å². The predicted octanol–water partition coefficient (Wildman–Crippen LogP) is 2.30. The van der Waals surface area contributed by atoms with E-state index >= 15 is 0 Å². The monoisotopic (exact) mass is 244 g/mol. The Morgan fingerprint density at radius 1 is 1.60 bits per heavy atom. The lowest BCUT2D eigenvalue weighted by molar-refractivity contribution is 0.674. The van der Waals surface area contributed by atoms with E-state index in [4.69, 9.17) is 11.6 Å². The first-order valence-electron chi connectivity index (χ1n) is 5.09. The average Bonchev–Trinajstić information content (AvgIpc) is 3.05. The van der Waals surface area contributed by atoms with Gasteiger partial charge in [0.15, 0.2) is 5.03 Å². The molecule has 1 heterocycles. The minimum Gasteiger partial charge on any atom is -0.309 e. The third-order valence-corrected chi connectivity index (χ3v) is 3.61. The summed E-state index contributed by atoms with van der Waals surface area (Å²) < 4.78 is 1.80. The third-order valence-electron chi connectivity index (χ3n) is 2.29. The molecule has 1 aromatic heterocycles. The number of alkyl halides is 1. The van der Waals surface area contributed by atoms with Crippen molar-refractivity contribution in [3.05, 3.63) is 22.7 Å². The summed E-state index contributed by atoms with van der Waals surface area (Å²) in [5.74, 6) is 1.50. The van der Waals surface area contributed by atoms with Gasteiger partial charge in [0, 0.05) is 30.1 Å². The second kappa shape index (κ2) is 5.03. The molecule has 1 aromatic rings. The van der Waals surface area contributed by atoms with Crippen LogP contribution in [0.1, 0.15) is 25.3 Å². The van der Waals surface area contributed by atoms with E-state index < -0.39 is 0 Å². The van der Waals surface area contributed by atoms with E-state index in [0.717, 1.165) is 25.0 Å². The van der Waals surface area contributed by atoms with Crippen molar-refractivity contribution < 1.29 is 0 Å². The fraction of sp³-hybridized carbons (Fsp3) is 0.600. The Hall–Kier alpha value is -0.480. The molecule has 0 amide bonds. The van der Waals surface area contributed by atoms with E-state index in [-0.39, 0.29) is 5.56 Å². The number of thioether (sulfide) groups is 1. The Labute approximate surface area is 97.9 Å². The fourth-order valence-electron chi connectivity index (χ4n) is 1.37. The Morgan fingerprint density at radius 2 is 2.40 bits per heavy atom. The molecule has 1 aliphatic carbocycles. The van der Waals surface area contributed by atoms with Gasteiger partial charge < -0.3 is 4.57 Å². The smallest absolute Gasteiger partial charge is 0.283 e. The van der Waals surface area contributed by atoms with E-state index in [1.165, 1.54) is 11.8 Å². The maximum absolute atomic E-state index is 11.9. The van der Waals surface area contributed by atoms with E-state index in [1.807, 2.05) is 0 Å². The number of rotatable bonds is 5. The van der Waals surface area contributed by atoms with Crippen molar-refractivity contribution in [3.8, 4) is 0 Å². The number of nitrogens with zero attached hydrogens (tertiary/aromatic N) is 2. The number of aromatic nitrogens is 2. The summed E-state index contributed by atoms with van der Waals surface area (Å²) in [6.45, 7) is 0. The van der Waals surface area contributed by atoms with Crippen LogP contribution in [0.2, 0.25) is 0 Å². The van der Waals surface area contributed by atoms with Gasteiger partial charge >= 0.3 is 0 Å². The Bertz CT molecular complexity index is 389. The fourth-order valence-corrected chi connectivity index (χ4v) is 2.51. The van der Waals surface area contributed by atoms with Gasteiger partial charge in [0.2, 0.25) is 0 Å². The third kappa shape index (κ3) is 2.75. The van der Waals surface area contributed by atoms with E-state index in [1.54, 1.807) is 17.0 Å². The maximum Gasteiger partial charge on any atom is 0.283 e. The molecule has 1 fully saturated rings. The Kier molecular flexibility index (Phi) is 3.70. The van der Waals surface area contributed by atoms with Crippen LogP contribution in [0.25, 0.3) is 0 Å². The van der Waals surface area contributed by atoms with E-state index in [9.17, 15) is 4.79 Å². The average molecular weight is 245 g/mol. The molecule has 0 bridgehead atoms. The number of hydrogen-bond donors (Lipinski definition) is 0. The lowest BCUT2D eigenvalue weighted by Crippen LogP contribution is -2.21. The summed E-state index contributed by atoms with van der Waals surface area (Å²) in [5, 5.41) is 0.606. The Balaban J connectivity index is 2.09. The molecule has 0 saturated heterocycles. The molecule has 1 saturated carbocycles. The second-order valence-corrected chi connectivity index (χ2v) is 5.03. The molecule has 0 atom stereocenters. The standard InChI is InChI=1S/C10H13ClN2OS/c11-4-1-7-15-9-10(14)13(6-5-12-9)8-2-3-8/h5-6,8H,1-4,7H2. The zero-order valence-corrected chi connectivity index (χ0v) is 9.93. The van der Waals surface area contributed by atoms with Crippen LogP contribution < -0.4 is 5.56 Å². The minimum atomic E-state index is 0.0552. The van der Waals surface area contributed by atoms with Gasteiger partial charge in [-0.05, 0) is 19.3 Å². The predicted molar refractivity (Wildman–Crippen MR) is 62.8 cm³/mol. The zero-order chi connectivity index (χ0) is 10.7. The van der Waals surface area contributed by atoms with Crippen molar-refractivity contribution in [2.24, 2.45) is 0 Å². The molecule has 82 valence electrons. The highest BCUT2D eigenvalue weighted by Gasteiger charge is 2.25.